The van der Waals surface area contributed by atoms with Crippen LogP contribution in [0.3, 0.4) is 0 Å². The highest BCUT2D eigenvalue weighted by Gasteiger charge is 2.26. The summed E-state index contributed by atoms with van der Waals surface area (Å²) in [5.41, 5.74) is 2.48. The highest BCUT2D eigenvalue weighted by Crippen LogP contribution is 2.39. The minimum atomic E-state index is 0.108. The number of anilines is 1. The van der Waals surface area contributed by atoms with Gasteiger partial charge in [-0.25, -0.2) is 4.99 Å². The number of rotatable bonds is 3. The lowest BCUT2D eigenvalue weighted by Crippen LogP contribution is -2.29. The molecule has 134 valence electrons. The first-order valence-electron chi connectivity index (χ1n) is 9.17. The standard InChI is InChI=1S/C21H23N3O2/c1-3-24(2)20-16-13-15(22-21(25)14-7-6-8-14)11-12-18(16)26-19-10-5-4-9-17(19)23-20/h4-5,9-14H,3,6-8H2,1-2H3,(H,22,25). The molecule has 0 bridgehead atoms. The van der Waals surface area contributed by atoms with Crippen molar-refractivity contribution in [3.8, 4) is 11.5 Å². The molecule has 0 unspecified atom stereocenters. The van der Waals surface area contributed by atoms with Crippen molar-refractivity contribution in [2.75, 3.05) is 18.9 Å². The fourth-order valence-electron chi connectivity index (χ4n) is 3.16. The van der Waals surface area contributed by atoms with Crippen LogP contribution in [0, 0.1) is 5.92 Å². The first-order chi connectivity index (χ1) is 12.7. The van der Waals surface area contributed by atoms with Crippen molar-refractivity contribution >= 4 is 23.1 Å². The lowest BCUT2D eigenvalue weighted by atomic mass is 9.85. The number of amidine groups is 1. The van der Waals surface area contributed by atoms with Gasteiger partial charge in [0.15, 0.2) is 5.75 Å². The van der Waals surface area contributed by atoms with Crippen LogP contribution < -0.4 is 10.1 Å². The van der Waals surface area contributed by atoms with Crippen LogP contribution in [-0.4, -0.2) is 30.2 Å². The van der Waals surface area contributed by atoms with Gasteiger partial charge in [-0.2, -0.15) is 0 Å². The predicted molar refractivity (Wildman–Crippen MR) is 103 cm³/mol. The zero-order valence-electron chi connectivity index (χ0n) is 15.2. The topological polar surface area (TPSA) is 53.9 Å². The second-order valence-corrected chi connectivity index (χ2v) is 6.85. The Kier molecular flexibility index (Phi) is 4.37. The summed E-state index contributed by atoms with van der Waals surface area (Å²) in [6, 6.07) is 13.5. The van der Waals surface area contributed by atoms with E-state index in [-0.39, 0.29) is 11.8 Å². The Morgan fingerprint density at radius 1 is 1.23 bits per heavy atom. The number of benzene rings is 2. The molecule has 1 heterocycles. The van der Waals surface area contributed by atoms with Crippen molar-refractivity contribution < 1.29 is 9.53 Å². The van der Waals surface area contributed by atoms with Gasteiger partial charge in [0.1, 0.15) is 17.3 Å². The van der Waals surface area contributed by atoms with Crippen molar-refractivity contribution in [3.05, 3.63) is 48.0 Å². The Hall–Kier alpha value is -2.82. The monoisotopic (exact) mass is 349 g/mol. The molecule has 0 atom stereocenters. The van der Waals surface area contributed by atoms with E-state index >= 15 is 0 Å². The van der Waals surface area contributed by atoms with Gasteiger partial charge in [-0.3, -0.25) is 4.79 Å². The highest BCUT2D eigenvalue weighted by molar-refractivity contribution is 6.05. The Labute approximate surface area is 153 Å². The summed E-state index contributed by atoms with van der Waals surface area (Å²) in [6.07, 6.45) is 3.12. The molecule has 1 fully saturated rings. The Bertz CT molecular complexity index is 871. The SMILES string of the molecule is CCN(C)C1=Nc2ccccc2Oc2ccc(NC(=O)C3CCC3)cc21. The van der Waals surface area contributed by atoms with E-state index in [1.165, 1.54) is 0 Å². The highest BCUT2D eigenvalue weighted by atomic mass is 16.5. The van der Waals surface area contributed by atoms with Crippen LogP contribution in [0.25, 0.3) is 0 Å². The molecule has 1 amide bonds. The minimum Gasteiger partial charge on any atom is -0.454 e. The van der Waals surface area contributed by atoms with Gasteiger partial charge in [0, 0.05) is 25.2 Å². The summed E-state index contributed by atoms with van der Waals surface area (Å²) in [5.74, 6) is 2.58. The van der Waals surface area contributed by atoms with Crippen LogP contribution in [-0.2, 0) is 4.79 Å². The molecule has 1 aliphatic carbocycles. The first-order valence-corrected chi connectivity index (χ1v) is 9.17. The average Bonchev–Trinajstić information content (AvgIpc) is 2.76. The van der Waals surface area contributed by atoms with Crippen molar-refractivity contribution in [1.82, 2.24) is 4.90 Å². The number of hydrogen-bond acceptors (Lipinski definition) is 4. The molecule has 1 aliphatic heterocycles. The van der Waals surface area contributed by atoms with Crippen LogP contribution in [0.15, 0.2) is 47.5 Å². The molecule has 0 spiro atoms. The number of nitrogens with one attached hydrogen (secondary N) is 1. The van der Waals surface area contributed by atoms with Crippen LogP contribution in [0.4, 0.5) is 11.4 Å². The molecule has 2 aromatic rings. The third-order valence-electron chi connectivity index (χ3n) is 5.11. The zero-order valence-corrected chi connectivity index (χ0v) is 15.2. The molecular formula is C21H23N3O2. The number of fused-ring (bicyclic) bond motifs is 2. The van der Waals surface area contributed by atoms with Crippen molar-refractivity contribution in [1.29, 1.82) is 0 Å². The maximum atomic E-state index is 12.3. The molecule has 0 aromatic heterocycles. The minimum absolute atomic E-state index is 0.108. The number of hydrogen-bond donors (Lipinski definition) is 1. The number of aliphatic imine (C=N–C) groups is 1. The second kappa shape index (κ2) is 6.83. The second-order valence-electron chi connectivity index (χ2n) is 6.85. The average molecular weight is 349 g/mol. The fourth-order valence-corrected chi connectivity index (χ4v) is 3.16. The first kappa shape index (κ1) is 16.6. The molecule has 5 heteroatoms. The summed E-state index contributed by atoms with van der Waals surface area (Å²) in [4.78, 5) is 19.2. The van der Waals surface area contributed by atoms with E-state index in [2.05, 4.69) is 17.1 Å². The van der Waals surface area contributed by atoms with Gasteiger partial charge < -0.3 is 15.0 Å². The summed E-state index contributed by atoms with van der Waals surface area (Å²) in [6.45, 7) is 2.90. The molecule has 2 aromatic carbocycles. The van der Waals surface area contributed by atoms with Gasteiger partial charge in [-0.05, 0) is 50.1 Å². The molecule has 4 rings (SSSR count). The van der Waals surface area contributed by atoms with Crippen LogP contribution in [0.5, 0.6) is 11.5 Å². The maximum absolute atomic E-state index is 12.3. The Balaban J connectivity index is 1.73. The fraction of sp³-hybridized carbons (Fsp3) is 0.333. The molecule has 26 heavy (non-hydrogen) atoms. The van der Waals surface area contributed by atoms with Crippen molar-refractivity contribution in [2.24, 2.45) is 10.9 Å². The maximum Gasteiger partial charge on any atom is 0.227 e. The normalized spacial score (nSPS) is 15.5. The molecule has 1 N–H and O–H groups in total. The third kappa shape index (κ3) is 3.05. The van der Waals surface area contributed by atoms with Gasteiger partial charge in [0.2, 0.25) is 5.91 Å². The van der Waals surface area contributed by atoms with E-state index in [1.807, 2.05) is 49.5 Å². The summed E-state index contributed by atoms with van der Waals surface area (Å²) < 4.78 is 6.11. The van der Waals surface area contributed by atoms with Crippen molar-refractivity contribution in [3.63, 3.8) is 0 Å². The quantitative estimate of drug-likeness (QED) is 0.884. The number of para-hydroxylation sites is 2. The van der Waals surface area contributed by atoms with Crippen LogP contribution in [0.1, 0.15) is 31.7 Å². The lowest BCUT2D eigenvalue weighted by molar-refractivity contribution is -0.122. The summed E-state index contributed by atoms with van der Waals surface area (Å²) in [7, 11) is 2.01. The third-order valence-corrected chi connectivity index (χ3v) is 5.11. The largest absolute Gasteiger partial charge is 0.454 e. The number of amides is 1. The number of nitrogens with zero attached hydrogens (tertiary/aromatic N) is 2. The molecule has 0 saturated heterocycles. The number of carbonyl (C=O) groups is 1. The van der Waals surface area contributed by atoms with E-state index in [4.69, 9.17) is 9.73 Å². The van der Waals surface area contributed by atoms with E-state index in [0.717, 1.165) is 60.1 Å². The van der Waals surface area contributed by atoms with Gasteiger partial charge in [-0.15, -0.1) is 0 Å². The number of carbonyl (C=O) groups excluding carboxylic acids is 1. The van der Waals surface area contributed by atoms with Crippen molar-refractivity contribution in [2.45, 2.75) is 26.2 Å². The van der Waals surface area contributed by atoms with Gasteiger partial charge >= 0.3 is 0 Å². The van der Waals surface area contributed by atoms with Gasteiger partial charge in [-0.1, -0.05) is 18.6 Å². The molecule has 2 aliphatic rings. The zero-order chi connectivity index (χ0) is 18.1. The molecule has 5 nitrogen and oxygen atoms in total. The van der Waals surface area contributed by atoms with Gasteiger partial charge in [0.05, 0.1) is 5.56 Å². The predicted octanol–water partition coefficient (Wildman–Crippen LogP) is 4.56. The lowest BCUT2D eigenvalue weighted by Gasteiger charge is -2.24. The number of ether oxygens (including phenoxy) is 1. The van der Waals surface area contributed by atoms with E-state index in [9.17, 15) is 4.79 Å². The van der Waals surface area contributed by atoms with E-state index in [1.54, 1.807) is 0 Å². The molecular weight excluding hydrogens is 326 g/mol. The molecule has 0 radical (unpaired) electrons. The molecule has 1 saturated carbocycles. The summed E-state index contributed by atoms with van der Waals surface area (Å²) in [5, 5.41) is 3.05. The Morgan fingerprint density at radius 2 is 2.04 bits per heavy atom. The van der Waals surface area contributed by atoms with E-state index in [0.29, 0.717) is 0 Å². The van der Waals surface area contributed by atoms with Crippen LogP contribution >= 0.6 is 0 Å². The van der Waals surface area contributed by atoms with Gasteiger partial charge in [0.25, 0.3) is 0 Å². The smallest absolute Gasteiger partial charge is 0.227 e. The van der Waals surface area contributed by atoms with Crippen LogP contribution in [0.2, 0.25) is 0 Å². The summed E-state index contributed by atoms with van der Waals surface area (Å²) >= 11 is 0. The Morgan fingerprint density at radius 3 is 2.77 bits per heavy atom. The van der Waals surface area contributed by atoms with E-state index < -0.39 is 0 Å².